The van der Waals surface area contributed by atoms with E-state index in [9.17, 15) is 14.7 Å². The Hall–Kier alpha value is -3.30. The lowest BCUT2D eigenvalue weighted by Gasteiger charge is -2.15. The van der Waals surface area contributed by atoms with Gasteiger partial charge >= 0.3 is 11.4 Å². The minimum Gasteiger partial charge on any atom is -0.454 e. The predicted octanol–water partition coefficient (Wildman–Crippen LogP) is 1.57. The molecule has 0 aliphatic carbocycles. The van der Waals surface area contributed by atoms with Gasteiger partial charge in [0, 0.05) is 16.8 Å². The molecule has 10 heteroatoms. The second-order valence-corrected chi connectivity index (χ2v) is 6.72. The van der Waals surface area contributed by atoms with Gasteiger partial charge in [-0.25, -0.2) is 14.2 Å². The normalized spacial score (nSPS) is 12.2. The summed E-state index contributed by atoms with van der Waals surface area (Å²) >= 11 is 5.93. The number of nitrogens with one attached hydrogen (secondary N) is 1. The Morgan fingerprint density at radius 3 is 2.59 bits per heavy atom. The molecule has 2 N–H and O–H groups in total. The van der Waals surface area contributed by atoms with E-state index in [0.717, 1.165) is 10.1 Å². The number of ether oxygens (including phenoxy) is 2. The Morgan fingerprint density at radius 1 is 1.07 bits per heavy atom. The smallest absolute Gasteiger partial charge is 0.355 e. The summed E-state index contributed by atoms with van der Waals surface area (Å²) in [6.45, 7) is -0.209. The summed E-state index contributed by atoms with van der Waals surface area (Å²) in [5, 5.41) is 12.8. The van der Waals surface area contributed by atoms with Gasteiger partial charge in [0.1, 0.15) is 0 Å². The van der Waals surface area contributed by atoms with Crippen LogP contribution in [0.5, 0.6) is 11.5 Å². The number of anilines is 2. The van der Waals surface area contributed by atoms with Crippen molar-refractivity contribution in [3.63, 3.8) is 0 Å². The summed E-state index contributed by atoms with van der Waals surface area (Å²) in [4.78, 5) is 29.2. The number of benzene rings is 2. The number of aliphatic hydroxyl groups excluding tert-OH is 1. The fourth-order valence-electron chi connectivity index (χ4n) is 2.93. The van der Waals surface area contributed by atoms with E-state index in [1.54, 1.807) is 42.5 Å². The summed E-state index contributed by atoms with van der Waals surface area (Å²) in [7, 11) is 0. The topological polar surface area (TPSA) is 108 Å². The zero-order valence-corrected chi connectivity index (χ0v) is 15.9. The molecule has 2 heterocycles. The Morgan fingerprint density at radius 2 is 1.83 bits per heavy atom. The van der Waals surface area contributed by atoms with Gasteiger partial charge in [-0.1, -0.05) is 23.7 Å². The summed E-state index contributed by atoms with van der Waals surface area (Å²) in [6.07, 6.45) is 0. The third-order valence-corrected chi connectivity index (χ3v) is 4.61. The highest BCUT2D eigenvalue weighted by molar-refractivity contribution is 6.30. The van der Waals surface area contributed by atoms with Crippen LogP contribution in [0.3, 0.4) is 0 Å². The summed E-state index contributed by atoms with van der Waals surface area (Å²) in [5.41, 5.74) is 0.0310. The number of hydrogen-bond acceptors (Lipinski definition) is 7. The minimum absolute atomic E-state index is 0.0722. The fraction of sp³-hybridized carbons (Fsp3) is 0.211. The molecule has 0 amide bonds. The second kappa shape index (κ2) is 7.98. The van der Waals surface area contributed by atoms with Crippen LogP contribution in [0.15, 0.2) is 52.1 Å². The maximum Gasteiger partial charge on any atom is 0.355 e. The fourth-order valence-corrected chi connectivity index (χ4v) is 3.06. The van der Waals surface area contributed by atoms with Crippen LogP contribution in [0.4, 0.5) is 11.6 Å². The van der Waals surface area contributed by atoms with Crippen molar-refractivity contribution in [3.8, 4) is 11.5 Å². The van der Waals surface area contributed by atoms with Gasteiger partial charge in [0.2, 0.25) is 12.7 Å². The zero-order chi connectivity index (χ0) is 20.4. The maximum atomic E-state index is 12.9. The largest absolute Gasteiger partial charge is 0.454 e. The highest BCUT2D eigenvalue weighted by Crippen LogP contribution is 2.34. The lowest BCUT2D eigenvalue weighted by atomic mass is 10.2. The Balaban J connectivity index is 1.76. The molecule has 150 valence electrons. The highest BCUT2D eigenvalue weighted by atomic mass is 35.5. The molecule has 0 fully saturated rings. The third kappa shape index (κ3) is 3.96. The van der Waals surface area contributed by atoms with Crippen LogP contribution < -0.4 is 26.2 Å². The molecule has 1 aromatic heterocycles. The first kappa shape index (κ1) is 19.0. The van der Waals surface area contributed by atoms with Crippen molar-refractivity contribution in [1.29, 1.82) is 0 Å². The van der Waals surface area contributed by atoms with Crippen molar-refractivity contribution < 1.29 is 14.6 Å². The SMILES string of the molecule is O=c1nc(Nc2ccc3c(c2)OCO3)n(Cc2ccc(Cl)cc2)c(=O)n1CCO. The molecule has 0 atom stereocenters. The van der Waals surface area contributed by atoms with Crippen LogP contribution in [-0.4, -0.2) is 32.6 Å². The molecule has 9 nitrogen and oxygen atoms in total. The van der Waals surface area contributed by atoms with Crippen molar-refractivity contribution in [3.05, 3.63) is 74.0 Å². The van der Waals surface area contributed by atoms with Crippen molar-refractivity contribution in [1.82, 2.24) is 14.1 Å². The summed E-state index contributed by atoms with van der Waals surface area (Å²) in [5.74, 6) is 1.23. The summed E-state index contributed by atoms with van der Waals surface area (Å²) in [6, 6.07) is 12.1. The van der Waals surface area contributed by atoms with E-state index >= 15 is 0 Å². The Bertz CT molecular complexity index is 1160. The van der Waals surface area contributed by atoms with Crippen LogP contribution in [0.2, 0.25) is 5.02 Å². The first-order valence-corrected chi connectivity index (χ1v) is 9.16. The van der Waals surface area contributed by atoms with E-state index in [-0.39, 0.29) is 32.4 Å². The number of nitrogens with zero attached hydrogens (tertiary/aromatic N) is 3. The molecule has 1 aliphatic rings. The first-order valence-electron chi connectivity index (χ1n) is 8.79. The van der Waals surface area contributed by atoms with Crippen molar-refractivity contribution in [2.45, 2.75) is 13.1 Å². The number of aromatic nitrogens is 3. The van der Waals surface area contributed by atoms with Gasteiger partial charge in [-0.05, 0) is 29.8 Å². The van der Waals surface area contributed by atoms with E-state index < -0.39 is 11.4 Å². The number of fused-ring (bicyclic) bond motifs is 1. The van der Waals surface area contributed by atoms with Crippen LogP contribution in [-0.2, 0) is 13.1 Å². The predicted molar refractivity (Wildman–Crippen MR) is 106 cm³/mol. The van der Waals surface area contributed by atoms with E-state index in [0.29, 0.717) is 22.2 Å². The molecule has 2 aromatic carbocycles. The molecule has 0 unspecified atom stereocenters. The molecule has 0 bridgehead atoms. The molecule has 1 aliphatic heterocycles. The number of aliphatic hydroxyl groups is 1. The van der Waals surface area contributed by atoms with Crippen molar-refractivity contribution in [2.24, 2.45) is 0 Å². The molecule has 0 saturated heterocycles. The van der Waals surface area contributed by atoms with Gasteiger partial charge in [-0.3, -0.25) is 4.57 Å². The Labute approximate surface area is 169 Å². The van der Waals surface area contributed by atoms with E-state index in [2.05, 4.69) is 10.3 Å². The zero-order valence-electron chi connectivity index (χ0n) is 15.2. The lowest BCUT2D eigenvalue weighted by Crippen LogP contribution is -2.43. The van der Waals surface area contributed by atoms with Crippen LogP contribution >= 0.6 is 11.6 Å². The van der Waals surface area contributed by atoms with Gasteiger partial charge in [0.05, 0.1) is 19.7 Å². The third-order valence-electron chi connectivity index (χ3n) is 4.36. The summed E-state index contributed by atoms with van der Waals surface area (Å²) < 4.78 is 12.9. The molecule has 3 aromatic rings. The molecular weight excluding hydrogens is 400 g/mol. The molecule has 0 saturated carbocycles. The van der Waals surface area contributed by atoms with Gasteiger partial charge in [-0.15, -0.1) is 0 Å². The van der Waals surface area contributed by atoms with Gasteiger partial charge in [0.15, 0.2) is 11.5 Å². The average molecular weight is 417 g/mol. The van der Waals surface area contributed by atoms with E-state index in [1.807, 2.05) is 0 Å². The quantitative estimate of drug-likeness (QED) is 0.628. The second-order valence-electron chi connectivity index (χ2n) is 6.28. The maximum absolute atomic E-state index is 12.9. The molecule has 29 heavy (non-hydrogen) atoms. The van der Waals surface area contributed by atoms with Crippen molar-refractivity contribution >= 4 is 23.2 Å². The van der Waals surface area contributed by atoms with Crippen molar-refractivity contribution in [2.75, 3.05) is 18.7 Å². The first-order chi connectivity index (χ1) is 14.0. The van der Waals surface area contributed by atoms with Crippen LogP contribution in [0.1, 0.15) is 5.56 Å². The molecule has 4 rings (SSSR count). The number of halogens is 1. The monoisotopic (exact) mass is 416 g/mol. The average Bonchev–Trinajstić information content (AvgIpc) is 3.17. The molecule has 0 spiro atoms. The number of hydrogen-bond donors (Lipinski definition) is 2. The van der Waals surface area contributed by atoms with Gasteiger partial charge in [-0.2, -0.15) is 4.98 Å². The highest BCUT2D eigenvalue weighted by Gasteiger charge is 2.17. The van der Waals surface area contributed by atoms with E-state index in [1.165, 1.54) is 4.57 Å². The van der Waals surface area contributed by atoms with Gasteiger partial charge < -0.3 is 19.9 Å². The number of rotatable bonds is 6. The van der Waals surface area contributed by atoms with Crippen LogP contribution in [0, 0.1) is 0 Å². The lowest BCUT2D eigenvalue weighted by molar-refractivity contribution is 0.174. The molecular formula is C19H17ClN4O5. The van der Waals surface area contributed by atoms with Crippen LogP contribution in [0.25, 0.3) is 0 Å². The standard InChI is InChI=1S/C19H17ClN4O5/c20-13-3-1-12(2-4-13)10-24-17(22-18(26)23(7-8-25)19(24)27)21-14-5-6-15-16(9-14)29-11-28-15/h1-6,9,25H,7-8,10-11H2,(H,21,22,26). The Kier molecular flexibility index (Phi) is 5.24. The minimum atomic E-state index is -0.750. The molecule has 0 radical (unpaired) electrons. The van der Waals surface area contributed by atoms with Gasteiger partial charge in [0.25, 0.3) is 0 Å². The van der Waals surface area contributed by atoms with E-state index in [4.69, 9.17) is 21.1 Å².